The number of hydrogen-bond donors (Lipinski definition) is 3. The summed E-state index contributed by atoms with van der Waals surface area (Å²) in [5, 5.41) is 20.7. The van der Waals surface area contributed by atoms with Gasteiger partial charge < -0.3 is 25.3 Å². The molecule has 3 atom stereocenters. The van der Waals surface area contributed by atoms with Crippen LogP contribution in [0.4, 0.5) is 5.82 Å². The second-order valence-electron chi connectivity index (χ2n) is 8.54. The SMILES string of the molecule is Cc1cc(C2=C(c3c(C)n([C@H]4C[C@H](O)[C@@H](CO)O4)c4ncnc(N)c34)CCC2)c(C)s1. The molecule has 0 spiro atoms. The highest BCUT2D eigenvalue weighted by Gasteiger charge is 2.37. The van der Waals surface area contributed by atoms with Gasteiger partial charge in [-0.25, -0.2) is 9.97 Å². The van der Waals surface area contributed by atoms with Gasteiger partial charge in [0.25, 0.3) is 0 Å². The summed E-state index contributed by atoms with van der Waals surface area (Å²) in [5.41, 5.74) is 13.2. The fourth-order valence-electron chi connectivity index (χ4n) is 5.28. The first-order valence-electron chi connectivity index (χ1n) is 10.8. The van der Waals surface area contributed by atoms with Crippen molar-refractivity contribution in [2.75, 3.05) is 12.3 Å². The van der Waals surface area contributed by atoms with Crippen molar-refractivity contribution in [2.45, 2.75) is 64.9 Å². The first kappa shape index (κ1) is 20.6. The number of aryl methyl sites for hydroxylation is 2. The third-order valence-electron chi connectivity index (χ3n) is 6.62. The zero-order valence-electron chi connectivity index (χ0n) is 18.1. The Morgan fingerprint density at radius 1 is 1.23 bits per heavy atom. The van der Waals surface area contributed by atoms with Crippen LogP contribution in [0, 0.1) is 20.8 Å². The predicted octanol–water partition coefficient (Wildman–Crippen LogP) is 3.74. The number of aromatic nitrogens is 3. The van der Waals surface area contributed by atoms with Crippen LogP contribution >= 0.6 is 11.3 Å². The summed E-state index contributed by atoms with van der Waals surface area (Å²) >= 11 is 1.83. The van der Waals surface area contributed by atoms with E-state index in [2.05, 4.69) is 36.8 Å². The number of hydrogen-bond acceptors (Lipinski definition) is 7. The topological polar surface area (TPSA) is 106 Å². The number of aliphatic hydroxyl groups is 2. The van der Waals surface area contributed by atoms with Gasteiger partial charge in [-0.2, -0.15) is 0 Å². The van der Waals surface area contributed by atoms with Crippen LogP contribution in [0.3, 0.4) is 0 Å². The van der Waals surface area contributed by atoms with Gasteiger partial charge in [-0.3, -0.25) is 0 Å². The van der Waals surface area contributed by atoms with E-state index in [0.29, 0.717) is 17.9 Å². The van der Waals surface area contributed by atoms with Crippen molar-refractivity contribution in [1.29, 1.82) is 0 Å². The lowest BCUT2D eigenvalue weighted by molar-refractivity contribution is -0.0436. The molecule has 0 aromatic carbocycles. The Bertz CT molecular complexity index is 1200. The summed E-state index contributed by atoms with van der Waals surface area (Å²) in [5.74, 6) is 0.455. The van der Waals surface area contributed by atoms with Crippen LogP contribution in [0.25, 0.3) is 22.2 Å². The van der Waals surface area contributed by atoms with Crippen LogP contribution in [-0.2, 0) is 4.74 Å². The number of ether oxygens (including phenoxy) is 1. The number of anilines is 1. The van der Waals surface area contributed by atoms with Crippen LogP contribution < -0.4 is 5.73 Å². The minimum Gasteiger partial charge on any atom is -0.394 e. The smallest absolute Gasteiger partial charge is 0.148 e. The number of nitrogens with two attached hydrogens (primary N) is 1. The quantitative estimate of drug-likeness (QED) is 0.571. The summed E-state index contributed by atoms with van der Waals surface area (Å²) in [7, 11) is 0. The number of nitrogens with zero attached hydrogens (tertiary/aromatic N) is 3. The van der Waals surface area contributed by atoms with Crippen LogP contribution in [0.2, 0.25) is 0 Å². The maximum atomic E-state index is 10.3. The maximum Gasteiger partial charge on any atom is 0.148 e. The number of rotatable bonds is 4. The van der Waals surface area contributed by atoms with Crippen LogP contribution in [0.15, 0.2) is 12.4 Å². The van der Waals surface area contributed by atoms with Crippen molar-refractivity contribution < 1.29 is 14.9 Å². The van der Waals surface area contributed by atoms with Crippen molar-refractivity contribution >= 4 is 39.3 Å². The summed E-state index contributed by atoms with van der Waals surface area (Å²) in [6.45, 7) is 6.19. The Labute approximate surface area is 185 Å². The monoisotopic (exact) mass is 440 g/mol. The summed E-state index contributed by atoms with van der Waals surface area (Å²) in [6, 6.07) is 2.29. The molecular weight excluding hydrogens is 412 g/mol. The van der Waals surface area contributed by atoms with E-state index < -0.39 is 18.4 Å². The average Bonchev–Trinajstić information content (AvgIpc) is 3.47. The molecule has 0 amide bonds. The van der Waals surface area contributed by atoms with Gasteiger partial charge in [-0.1, -0.05) is 0 Å². The molecule has 7 nitrogen and oxygen atoms in total. The highest BCUT2D eigenvalue weighted by molar-refractivity contribution is 7.12. The standard InChI is InChI=1S/C23H28N4O3S/c1-11-7-16(13(3)31-11)14-5-4-6-15(14)20-12(2)27(19-8-17(29)18(9-28)30-19)23-21(20)22(24)25-10-26-23/h7,10,17-19,28-29H,4-6,8-9H2,1-3H3,(H2,24,25,26)/t17-,18+,19+/m0/s1. The van der Waals surface area contributed by atoms with Crippen LogP contribution in [0.1, 0.15) is 58.5 Å². The molecule has 8 heteroatoms. The fourth-order valence-corrected chi connectivity index (χ4v) is 6.23. The third-order valence-corrected chi connectivity index (χ3v) is 7.58. The van der Waals surface area contributed by atoms with Crippen molar-refractivity contribution in [3.63, 3.8) is 0 Å². The Morgan fingerprint density at radius 3 is 2.68 bits per heavy atom. The molecule has 3 aromatic rings. The molecule has 0 unspecified atom stereocenters. The van der Waals surface area contributed by atoms with Gasteiger partial charge >= 0.3 is 0 Å². The molecule has 1 fully saturated rings. The van der Waals surface area contributed by atoms with E-state index in [1.54, 1.807) is 0 Å². The van der Waals surface area contributed by atoms with E-state index in [1.807, 2.05) is 15.9 Å². The largest absolute Gasteiger partial charge is 0.394 e. The summed E-state index contributed by atoms with van der Waals surface area (Å²) < 4.78 is 8.02. The van der Waals surface area contributed by atoms with Crippen molar-refractivity contribution in [2.24, 2.45) is 0 Å². The Hall–Kier alpha value is -2.26. The zero-order chi connectivity index (χ0) is 21.9. The minimum absolute atomic E-state index is 0.216. The molecule has 4 heterocycles. The Morgan fingerprint density at radius 2 is 2.00 bits per heavy atom. The molecule has 2 aliphatic rings. The summed E-state index contributed by atoms with van der Waals surface area (Å²) in [4.78, 5) is 11.5. The molecule has 1 saturated heterocycles. The molecular formula is C23H28N4O3S. The Balaban J connectivity index is 1.74. The predicted molar refractivity (Wildman–Crippen MR) is 123 cm³/mol. The van der Waals surface area contributed by atoms with Crippen LogP contribution in [0.5, 0.6) is 0 Å². The number of nitrogen functional groups attached to an aromatic ring is 1. The van der Waals surface area contributed by atoms with Gasteiger partial charge in [0.15, 0.2) is 0 Å². The van der Waals surface area contributed by atoms with Crippen molar-refractivity contribution in [3.8, 4) is 0 Å². The molecule has 1 aliphatic heterocycles. The molecule has 3 aromatic heterocycles. The normalized spacial score (nSPS) is 24.1. The van der Waals surface area contributed by atoms with Crippen molar-refractivity contribution in [1.82, 2.24) is 14.5 Å². The highest BCUT2D eigenvalue weighted by Crippen LogP contribution is 2.47. The third kappa shape index (κ3) is 3.20. The van der Waals surface area contributed by atoms with E-state index >= 15 is 0 Å². The van der Waals surface area contributed by atoms with E-state index in [9.17, 15) is 10.2 Å². The lowest BCUT2D eigenvalue weighted by Gasteiger charge is -2.17. The molecule has 31 heavy (non-hydrogen) atoms. The minimum atomic E-state index is -0.716. The number of thiophene rings is 1. The lowest BCUT2D eigenvalue weighted by atomic mass is 9.95. The first-order valence-corrected chi connectivity index (χ1v) is 11.6. The average molecular weight is 441 g/mol. The molecule has 5 rings (SSSR count). The second kappa shape index (κ2) is 7.70. The molecule has 4 N–H and O–H groups in total. The zero-order valence-corrected chi connectivity index (χ0v) is 18.9. The van der Waals surface area contributed by atoms with E-state index in [4.69, 9.17) is 10.5 Å². The molecule has 0 saturated carbocycles. The molecule has 0 radical (unpaired) electrons. The lowest BCUT2D eigenvalue weighted by Crippen LogP contribution is -2.24. The number of fused-ring (bicyclic) bond motifs is 1. The van der Waals surface area contributed by atoms with Gasteiger partial charge in [0.05, 0.1) is 18.1 Å². The van der Waals surface area contributed by atoms with Crippen molar-refractivity contribution in [3.05, 3.63) is 39.0 Å². The number of aliphatic hydroxyl groups excluding tert-OH is 2. The molecule has 1 aliphatic carbocycles. The molecule has 0 bridgehead atoms. The van der Waals surface area contributed by atoms with Gasteiger partial charge in [-0.15, -0.1) is 11.3 Å². The first-order chi connectivity index (χ1) is 14.9. The second-order valence-corrected chi connectivity index (χ2v) is 10.0. The Kier molecular flexibility index (Phi) is 5.13. The van der Waals surface area contributed by atoms with Crippen LogP contribution in [-0.4, -0.2) is 43.6 Å². The van der Waals surface area contributed by atoms with Gasteiger partial charge in [0, 0.05) is 27.4 Å². The van der Waals surface area contributed by atoms with Gasteiger partial charge in [-0.05, 0) is 62.8 Å². The summed E-state index contributed by atoms with van der Waals surface area (Å²) in [6.07, 6.45) is 3.27. The van der Waals surface area contributed by atoms with E-state index in [1.165, 1.54) is 32.8 Å². The highest BCUT2D eigenvalue weighted by atomic mass is 32.1. The molecule has 164 valence electrons. The fraction of sp³-hybridized carbons (Fsp3) is 0.478. The van der Waals surface area contributed by atoms with E-state index in [-0.39, 0.29) is 6.61 Å². The van der Waals surface area contributed by atoms with Gasteiger partial charge in [0.2, 0.25) is 0 Å². The maximum absolute atomic E-state index is 10.3. The van der Waals surface area contributed by atoms with E-state index in [0.717, 1.165) is 35.9 Å². The number of allylic oxidation sites excluding steroid dienone is 2. The van der Waals surface area contributed by atoms with Gasteiger partial charge in [0.1, 0.15) is 30.1 Å².